The number of benzene rings is 2. The van der Waals surface area contributed by atoms with Crippen molar-refractivity contribution in [2.45, 2.75) is 11.8 Å². The Kier molecular flexibility index (Phi) is 4.92. The molecule has 0 amide bonds. The summed E-state index contributed by atoms with van der Waals surface area (Å²) in [4.78, 5) is 5.84. The van der Waals surface area contributed by atoms with Crippen molar-refractivity contribution in [2.75, 3.05) is 17.1 Å². The van der Waals surface area contributed by atoms with Crippen molar-refractivity contribution < 1.29 is 0 Å². The lowest BCUT2D eigenvalue weighted by atomic mass is 10.0. The number of hydrogen-bond donors (Lipinski definition) is 3. The van der Waals surface area contributed by atoms with E-state index in [1.165, 1.54) is 11.9 Å². The molecule has 0 unspecified atom stereocenters. The molecule has 0 saturated heterocycles. The van der Waals surface area contributed by atoms with Crippen molar-refractivity contribution in [3.8, 4) is 11.3 Å². The van der Waals surface area contributed by atoms with Crippen LogP contribution >= 0.6 is 23.5 Å². The lowest BCUT2D eigenvalue weighted by Gasteiger charge is -2.10. The van der Waals surface area contributed by atoms with E-state index in [1.807, 2.05) is 43.4 Å². The average Bonchev–Trinajstić information content (AvgIpc) is 3.09. The van der Waals surface area contributed by atoms with E-state index < -0.39 is 0 Å². The van der Waals surface area contributed by atoms with E-state index in [0.29, 0.717) is 0 Å². The van der Waals surface area contributed by atoms with Gasteiger partial charge in [0.25, 0.3) is 0 Å². The molecule has 2 heterocycles. The first-order chi connectivity index (χ1) is 13.1. The van der Waals surface area contributed by atoms with Crippen LogP contribution in [0.3, 0.4) is 0 Å². The minimum Gasteiger partial charge on any atom is -0.370 e. The highest BCUT2D eigenvalue weighted by Gasteiger charge is 2.10. The molecule has 7 heteroatoms. The fourth-order valence-corrected chi connectivity index (χ4v) is 3.84. The summed E-state index contributed by atoms with van der Waals surface area (Å²) in [6, 6.07) is 18.0. The largest absolute Gasteiger partial charge is 0.370 e. The van der Waals surface area contributed by atoms with Crippen LogP contribution in [0.2, 0.25) is 5.02 Å². The van der Waals surface area contributed by atoms with E-state index in [-0.39, 0.29) is 0 Å². The highest BCUT2D eigenvalue weighted by Crippen LogP contribution is 2.30. The molecule has 4 rings (SSSR count). The Balaban J connectivity index is 1.58. The monoisotopic (exact) mass is 395 g/mol. The predicted molar refractivity (Wildman–Crippen MR) is 115 cm³/mol. The Morgan fingerprint density at radius 1 is 1.07 bits per heavy atom. The number of aryl methyl sites for hydroxylation is 1. The molecular formula is C20H18ClN5S. The third-order valence-electron chi connectivity index (χ3n) is 4.23. The van der Waals surface area contributed by atoms with Crippen molar-refractivity contribution in [3.05, 3.63) is 65.2 Å². The molecule has 2 aromatic carbocycles. The molecule has 3 N–H and O–H groups in total. The Morgan fingerprint density at radius 3 is 2.74 bits per heavy atom. The molecular weight excluding hydrogens is 378 g/mol. The number of pyridine rings is 1. The SMILES string of the molecule is CNc1n[nH]c2ccc(-c3ccc(NSc4cccc(Cl)c4)cc3C)nc12. The van der Waals surface area contributed by atoms with Crippen LogP contribution in [-0.2, 0) is 0 Å². The Morgan fingerprint density at radius 2 is 1.96 bits per heavy atom. The smallest absolute Gasteiger partial charge is 0.174 e. The number of nitrogens with one attached hydrogen (secondary N) is 3. The van der Waals surface area contributed by atoms with Crippen LogP contribution < -0.4 is 10.0 Å². The van der Waals surface area contributed by atoms with E-state index in [0.717, 1.165) is 49.3 Å². The second-order valence-electron chi connectivity index (χ2n) is 6.11. The number of fused-ring (bicyclic) bond motifs is 1. The zero-order chi connectivity index (χ0) is 18.8. The summed E-state index contributed by atoms with van der Waals surface area (Å²) >= 11 is 7.57. The predicted octanol–water partition coefficient (Wildman–Crippen LogP) is 5.75. The Hall–Kier alpha value is -2.70. The molecule has 0 aliphatic heterocycles. The number of aromatic amines is 1. The normalized spacial score (nSPS) is 10.9. The lowest BCUT2D eigenvalue weighted by Crippen LogP contribution is -1.93. The quantitative estimate of drug-likeness (QED) is 0.375. The molecule has 0 radical (unpaired) electrons. The molecule has 0 aliphatic rings. The van der Waals surface area contributed by atoms with Crippen LogP contribution in [0.15, 0.2) is 59.5 Å². The summed E-state index contributed by atoms with van der Waals surface area (Å²) in [6.45, 7) is 2.09. The second kappa shape index (κ2) is 7.50. The number of hydrogen-bond acceptors (Lipinski definition) is 5. The number of rotatable bonds is 5. The van der Waals surface area contributed by atoms with Gasteiger partial charge in [0, 0.05) is 28.2 Å². The Labute approximate surface area is 166 Å². The number of anilines is 2. The van der Waals surface area contributed by atoms with Gasteiger partial charge >= 0.3 is 0 Å². The summed E-state index contributed by atoms with van der Waals surface area (Å²) in [5.74, 6) is 0.751. The van der Waals surface area contributed by atoms with Crippen molar-refractivity contribution in [1.29, 1.82) is 0 Å². The molecule has 136 valence electrons. The van der Waals surface area contributed by atoms with Crippen LogP contribution in [-0.4, -0.2) is 22.2 Å². The summed E-state index contributed by atoms with van der Waals surface area (Å²) in [7, 11) is 1.84. The highest BCUT2D eigenvalue weighted by molar-refractivity contribution is 8.00. The molecule has 4 aromatic rings. The van der Waals surface area contributed by atoms with Gasteiger partial charge in [-0.25, -0.2) is 4.98 Å². The number of nitrogens with zero attached hydrogens (tertiary/aromatic N) is 2. The minimum absolute atomic E-state index is 0.731. The van der Waals surface area contributed by atoms with Gasteiger partial charge in [0.15, 0.2) is 5.82 Å². The first-order valence-electron chi connectivity index (χ1n) is 8.46. The third-order valence-corrected chi connectivity index (χ3v) is 5.29. The van der Waals surface area contributed by atoms with E-state index >= 15 is 0 Å². The maximum absolute atomic E-state index is 6.04. The molecule has 0 spiro atoms. The van der Waals surface area contributed by atoms with Crippen LogP contribution in [0.25, 0.3) is 22.3 Å². The molecule has 0 aliphatic carbocycles. The van der Waals surface area contributed by atoms with Gasteiger partial charge in [0.05, 0.1) is 11.2 Å². The first-order valence-corrected chi connectivity index (χ1v) is 9.66. The first kappa shape index (κ1) is 17.7. The van der Waals surface area contributed by atoms with Gasteiger partial charge in [0.2, 0.25) is 0 Å². The number of halogens is 1. The van der Waals surface area contributed by atoms with Crippen molar-refractivity contribution >= 4 is 46.1 Å². The summed E-state index contributed by atoms with van der Waals surface area (Å²) < 4.78 is 3.36. The lowest BCUT2D eigenvalue weighted by molar-refractivity contribution is 1.11. The Bertz CT molecular complexity index is 1110. The fraction of sp³-hybridized carbons (Fsp3) is 0.100. The maximum Gasteiger partial charge on any atom is 0.174 e. The van der Waals surface area contributed by atoms with Gasteiger partial charge in [-0.15, -0.1) is 0 Å². The van der Waals surface area contributed by atoms with E-state index in [1.54, 1.807) is 0 Å². The zero-order valence-electron chi connectivity index (χ0n) is 14.9. The second-order valence-corrected chi connectivity index (χ2v) is 7.42. The van der Waals surface area contributed by atoms with E-state index in [9.17, 15) is 0 Å². The number of H-pyrrole nitrogens is 1. The average molecular weight is 396 g/mol. The molecule has 0 fully saturated rings. The van der Waals surface area contributed by atoms with Crippen LogP contribution in [0.5, 0.6) is 0 Å². The van der Waals surface area contributed by atoms with Gasteiger partial charge in [-0.05, 0) is 66.9 Å². The van der Waals surface area contributed by atoms with Gasteiger partial charge in [-0.3, -0.25) is 5.10 Å². The van der Waals surface area contributed by atoms with Crippen LogP contribution in [0.1, 0.15) is 5.56 Å². The highest BCUT2D eigenvalue weighted by atomic mass is 35.5. The molecule has 0 saturated carbocycles. The van der Waals surface area contributed by atoms with Gasteiger partial charge in [0.1, 0.15) is 5.52 Å². The van der Waals surface area contributed by atoms with E-state index in [4.69, 9.17) is 16.6 Å². The molecule has 0 bridgehead atoms. The number of aromatic nitrogens is 3. The van der Waals surface area contributed by atoms with E-state index in [2.05, 4.69) is 45.4 Å². The summed E-state index contributed by atoms with van der Waals surface area (Å²) in [5.41, 5.74) is 5.95. The van der Waals surface area contributed by atoms with Gasteiger partial charge < -0.3 is 10.0 Å². The zero-order valence-corrected chi connectivity index (χ0v) is 16.4. The van der Waals surface area contributed by atoms with Crippen molar-refractivity contribution in [1.82, 2.24) is 15.2 Å². The van der Waals surface area contributed by atoms with Crippen molar-refractivity contribution in [3.63, 3.8) is 0 Å². The molecule has 5 nitrogen and oxygen atoms in total. The standard InChI is InChI=1S/C20H18ClN5S/c1-12-10-14(26-27-15-5-3-4-13(21)11-15)6-7-16(12)17-8-9-18-19(23-17)20(22-2)25-24-18/h3-11,26H,1-2H3,(H2,22,24,25). The van der Waals surface area contributed by atoms with Crippen LogP contribution in [0, 0.1) is 6.92 Å². The topological polar surface area (TPSA) is 65.6 Å². The minimum atomic E-state index is 0.731. The van der Waals surface area contributed by atoms with Gasteiger partial charge in [-0.1, -0.05) is 23.7 Å². The summed E-state index contributed by atoms with van der Waals surface area (Å²) in [5, 5.41) is 11.0. The van der Waals surface area contributed by atoms with Crippen molar-refractivity contribution in [2.24, 2.45) is 0 Å². The fourth-order valence-electron chi connectivity index (χ4n) is 2.89. The third kappa shape index (κ3) is 3.72. The van der Waals surface area contributed by atoms with Gasteiger partial charge in [-0.2, -0.15) is 5.10 Å². The molecule has 27 heavy (non-hydrogen) atoms. The summed E-state index contributed by atoms with van der Waals surface area (Å²) in [6.07, 6.45) is 0. The van der Waals surface area contributed by atoms with Crippen LogP contribution in [0.4, 0.5) is 11.5 Å². The molecule has 0 atom stereocenters. The maximum atomic E-state index is 6.04. The molecule has 2 aromatic heterocycles.